The van der Waals surface area contributed by atoms with E-state index in [0.29, 0.717) is 6.42 Å². The third-order valence-electron chi connectivity index (χ3n) is 2.08. The summed E-state index contributed by atoms with van der Waals surface area (Å²) in [7, 11) is 0. The number of hydrogen-bond acceptors (Lipinski definition) is 2. The topological polar surface area (TPSA) is 59.8 Å². The Kier molecular flexibility index (Phi) is 2.18. The van der Waals surface area contributed by atoms with Crippen molar-refractivity contribution in [1.82, 2.24) is 4.98 Å². The lowest BCUT2D eigenvalue weighted by molar-refractivity contribution is 0.476. The van der Waals surface area contributed by atoms with Crippen molar-refractivity contribution in [3.05, 3.63) is 28.4 Å². The van der Waals surface area contributed by atoms with Gasteiger partial charge in [-0.1, -0.05) is 0 Å². The van der Waals surface area contributed by atoms with Gasteiger partial charge in [0.1, 0.15) is 5.75 Å². The number of nitriles is 1. The highest BCUT2D eigenvalue weighted by molar-refractivity contribution is 9.10. The Hall–Kier alpha value is -1.47. The van der Waals surface area contributed by atoms with E-state index < -0.39 is 0 Å². The number of H-pyrrole nitrogens is 1. The van der Waals surface area contributed by atoms with E-state index in [4.69, 9.17) is 5.26 Å². The van der Waals surface area contributed by atoms with Crippen LogP contribution in [-0.2, 0) is 6.42 Å². The van der Waals surface area contributed by atoms with E-state index in [1.165, 1.54) is 0 Å². The summed E-state index contributed by atoms with van der Waals surface area (Å²) in [4.78, 5) is 3.06. The van der Waals surface area contributed by atoms with E-state index >= 15 is 0 Å². The normalized spacial score (nSPS) is 10.3. The molecule has 0 saturated carbocycles. The number of phenols is 1. The minimum absolute atomic E-state index is 0.197. The first kappa shape index (κ1) is 9.10. The number of aromatic nitrogens is 1. The van der Waals surface area contributed by atoms with Crippen molar-refractivity contribution in [2.75, 3.05) is 0 Å². The van der Waals surface area contributed by atoms with Crippen LogP contribution in [0.1, 0.15) is 5.56 Å². The van der Waals surface area contributed by atoms with Gasteiger partial charge in [-0.05, 0) is 33.6 Å². The Bertz CT molecular complexity index is 525. The lowest BCUT2D eigenvalue weighted by Crippen LogP contribution is -1.77. The first-order chi connectivity index (χ1) is 6.72. The first-order valence-electron chi connectivity index (χ1n) is 4.08. The average Bonchev–Trinajstić information content (AvgIpc) is 2.49. The quantitative estimate of drug-likeness (QED) is 0.818. The summed E-state index contributed by atoms with van der Waals surface area (Å²) < 4.78 is 0.802. The van der Waals surface area contributed by atoms with E-state index in [-0.39, 0.29) is 5.75 Å². The second-order valence-electron chi connectivity index (χ2n) is 3.00. The summed E-state index contributed by atoms with van der Waals surface area (Å²) in [6.07, 6.45) is 2.13. The third-order valence-corrected chi connectivity index (χ3v) is 2.71. The zero-order valence-electron chi connectivity index (χ0n) is 7.21. The zero-order chi connectivity index (χ0) is 10.1. The number of halogens is 1. The molecule has 0 atom stereocenters. The van der Waals surface area contributed by atoms with Crippen LogP contribution in [0.25, 0.3) is 10.9 Å². The molecule has 2 rings (SSSR count). The fourth-order valence-electron chi connectivity index (χ4n) is 1.46. The van der Waals surface area contributed by atoms with E-state index in [1.54, 1.807) is 18.3 Å². The second-order valence-corrected chi connectivity index (χ2v) is 3.85. The summed E-state index contributed by atoms with van der Waals surface area (Å²) in [6.45, 7) is 0. The molecule has 2 aromatic rings. The molecule has 1 aromatic carbocycles. The number of rotatable bonds is 1. The lowest BCUT2D eigenvalue weighted by Gasteiger charge is -1.97. The van der Waals surface area contributed by atoms with Gasteiger partial charge in [0.15, 0.2) is 0 Å². The predicted octanol–water partition coefficient (Wildman–Crippen LogP) is 2.70. The summed E-state index contributed by atoms with van der Waals surface area (Å²) in [5, 5.41) is 18.9. The molecule has 0 saturated heterocycles. The van der Waals surface area contributed by atoms with Crippen LogP contribution in [0, 0.1) is 11.3 Å². The molecule has 3 nitrogen and oxygen atoms in total. The van der Waals surface area contributed by atoms with Gasteiger partial charge in [-0.15, -0.1) is 0 Å². The van der Waals surface area contributed by atoms with Crippen molar-refractivity contribution in [3.63, 3.8) is 0 Å². The van der Waals surface area contributed by atoms with E-state index in [2.05, 4.69) is 27.0 Å². The van der Waals surface area contributed by atoms with Crippen molar-refractivity contribution in [3.8, 4) is 11.8 Å². The summed E-state index contributed by atoms with van der Waals surface area (Å²) in [6, 6.07) is 5.36. The molecule has 0 bridgehead atoms. The highest BCUT2D eigenvalue weighted by atomic mass is 79.9. The molecule has 0 radical (unpaired) electrons. The minimum atomic E-state index is 0.197. The van der Waals surface area contributed by atoms with Gasteiger partial charge in [0.2, 0.25) is 0 Å². The van der Waals surface area contributed by atoms with Gasteiger partial charge in [-0.2, -0.15) is 5.26 Å². The highest BCUT2D eigenvalue weighted by Gasteiger charge is 2.07. The van der Waals surface area contributed by atoms with E-state index in [9.17, 15) is 5.11 Å². The molecule has 0 unspecified atom stereocenters. The molecule has 0 fully saturated rings. The van der Waals surface area contributed by atoms with Crippen LogP contribution in [0.2, 0.25) is 0 Å². The molecule has 0 amide bonds. The summed E-state index contributed by atoms with van der Waals surface area (Å²) in [5.74, 6) is 0.197. The Labute approximate surface area is 89.1 Å². The van der Waals surface area contributed by atoms with Crippen LogP contribution < -0.4 is 0 Å². The Morgan fingerprint density at radius 1 is 1.50 bits per heavy atom. The molecule has 1 heterocycles. The van der Waals surface area contributed by atoms with Gasteiger partial charge in [0.05, 0.1) is 18.0 Å². The predicted molar refractivity (Wildman–Crippen MR) is 57.0 cm³/mol. The summed E-state index contributed by atoms with van der Waals surface area (Å²) >= 11 is 3.34. The van der Waals surface area contributed by atoms with Crippen molar-refractivity contribution in [2.45, 2.75) is 6.42 Å². The maximum Gasteiger partial charge on any atom is 0.117 e. The monoisotopic (exact) mass is 250 g/mol. The smallest absolute Gasteiger partial charge is 0.117 e. The number of fused-ring (bicyclic) bond motifs is 1. The molecule has 0 aliphatic rings. The van der Waals surface area contributed by atoms with Gasteiger partial charge in [0.25, 0.3) is 0 Å². The zero-order valence-corrected chi connectivity index (χ0v) is 8.80. The first-order valence-corrected chi connectivity index (χ1v) is 4.87. The molecule has 1 aromatic heterocycles. The van der Waals surface area contributed by atoms with Gasteiger partial charge >= 0.3 is 0 Å². The number of aromatic amines is 1. The average molecular weight is 251 g/mol. The molecule has 0 aliphatic heterocycles. The van der Waals surface area contributed by atoms with Crippen molar-refractivity contribution in [1.29, 1.82) is 5.26 Å². The minimum Gasteiger partial charge on any atom is -0.508 e. The number of hydrogen-bond donors (Lipinski definition) is 2. The van der Waals surface area contributed by atoms with Gasteiger partial charge in [-0.3, -0.25) is 0 Å². The summed E-state index contributed by atoms with van der Waals surface area (Å²) in [5.41, 5.74) is 1.81. The molecule has 2 N–H and O–H groups in total. The standard InChI is InChI=1S/C10H7BrN2O/c11-9-4-7(14)3-8-6(1-2-12)5-13-10(8)9/h3-5,13-14H,1H2. The lowest BCUT2D eigenvalue weighted by atomic mass is 10.1. The van der Waals surface area contributed by atoms with Crippen LogP contribution in [-0.4, -0.2) is 10.1 Å². The molecule has 4 heteroatoms. The highest BCUT2D eigenvalue weighted by Crippen LogP contribution is 2.30. The molecular formula is C10H7BrN2O. The maximum absolute atomic E-state index is 9.40. The number of aromatic hydroxyl groups is 1. The number of nitrogens with one attached hydrogen (secondary N) is 1. The van der Waals surface area contributed by atoms with E-state index in [0.717, 1.165) is 20.9 Å². The molecule has 70 valence electrons. The van der Waals surface area contributed by atoms with Crippen LogP contribution in [0.4, 0.5) is 0 Å². The Morgan fingerprint density at radius 2 is 2.29 bits per heavy atom. The van der Waals surface area contributed by atoms with Crippen molar-refractivity contribution >= 4 is 26.8 Å². The molecule has 0 aliphatic carbocycles. The fraction of sp³-hybridized carbons (Fsp3) is 0.100. The molecule has 14 heavy (non-hydrogen) atoms. The number of nitrogens with zero attached hydrogens (tertiary/aromatic N) is 1. The molecular weight excluding hydrogens is 244 g/mol. The second kappa shape index (κ2) is 3.35. The SMILES string of the molecule is N#CCc1c[nH]c2c(Br)cc(O)cc12. The number of phenolic OH excluding ortho intramolecular Hbond substituents is 1. The fourth-order valence-corrected chi connectivity index (χ4v) is 2.02. The Balaban J connectivity index is 2.73. The third kappa shape index (κ3) is 1.36. The number of benzene rings is 1. The molecule has 0 spiro atoms. The van der Waals surface area contributed by atoms with Crippen LogP contribution in [0.5, 0.6) is 5.75 Å². The van der Waals surface area contributed by atoms with Gasteiger partial charge in [0, 0.05) is 16.1 Å². The van der Waals surface area contributed by atoms with Crippen LogP contribution >= 0.6 is 15.9 Å². The largest absolute Gasteiger partial charge is 0.508 e. The van der Waals surface area contributed by atoms with Crippen LogP contribution in [0.15, 0.2) is 22.8 Å². The van der Waals surface area contributed by atoms with Gasteiger partial charge < -0.3 is 10.1 Å². The van der Waals surface area contributed by atoms with E-state index in [1.807, 2.05) is 0 Å². The maximum atomic E-state index is 9.40. The van der Waals surface area contributed by atoms with Gasteiger partial charge in [-0.25, -0.2) is 0 Å². The van der Waals surface area contributed by atoms with Crippen molar-refractivity contribution in [2.24, 2.45) is 0 Å². The van der Waals surface area contributed by atoms with Crippen molar-refractivity contribution < 1.29 is 5.11 Å². The Morgan fingerprint density at radius 3 is 3.00 bits per heavy atom. The van der Waals surface area contributed by atoms with Crippen LogP contribution in [0.3, 0.4) is 0 Å².